The fourth-order valence-electron chi connectivity index (χ4n) is 1.62. The van der Waals surface area contributed by atoms with E-state index in [1.54, 1.807) is 6.07 Å². The summed E-state index contributed by atoms with van der Waals surface area (Å²) in [7, 11) is 1.85. The number of nitrogens with zero attached hydrogens (tertiary/aromatic N) is 1. The van der Waals surface area contributed by atoms with E-state index < -0.39 is 0 Å². The highest BCUT2D eigenvalue weighted by molar-refractivity contribution is 9.10. The second kappa shape index (κ2) is 5.40. The highest BCUT2D eigenvalue weighted by Crippen LogP contribution is 2.13. The Balaban J connectivity index is 2.00. The van der Waals surface area contributed by atoms with Crippen LogP contribution in [0.25, 0.3) is 0 Å². The molecule has 0 aliphatic rings. The van der Waals surface area contributed by atoms with E-state index in [2.05, 4.69) is 15.9 Å². The number of carbonyl (C=O) groups excluding carboxylic acids is 1. The Labute approximate surface area is 115 Å². The minimum atomic E-state index is -0.298. The summed E-state index contributed by atoms with van der Waals surface area (Å²) in [5, 5.41) is 0. The monoisotopic (exact) mass is 307 g/mol. The number of rotatable bonds is 3. The quantitative estimate of drug-likeness (QED) is 0.813. The van der Waals surface area contributed by atoms with Crippen LogP contribution in [-0.4, -0.2) is 10.5 Å². The molecule has 0 saturated carbocycles. The molecule has 2 aromatic rings. The van der Waals surface area contributed by atoms with Crippen LogP contribution in [0.2, 0.25) is 0 Å². The standard InChI is InChI=1S/C14H14BrNO2/c1-10-3-8-13(16(10)2)14(17)18-9-11-4-6-12(15)7-5-11/h3-8H,9H2,1-2H3. The first kappa shape index (κ1) is 12.9. The maximum Gasteiger partial charge on any atom is 0.355 e. The Morgan fingerprint density at radius 3 is 2.44 bits per heavy atom. The predicted octanol–water partition coefficient (Wildman–Crippen LogP) is 3.45. The van der Waals surface area contributed by atoms with Gasteiger partial charge < -0.3 is 9.30 Å². The van der Waals surface area contributed by atoms with Crippen LogP contribution in [0.5, 0.6) is 0 Å². The summed E-state index contributed by atoms with van der Waals surface area (Å²) < 4.78 is 8.11. The fourth-order valence-corrected chi connectivity index (χ4v) is 1.89. The van der Waals surface area contributed by atoms with Gasteiger partial charge in [-0.2, -0.15) is 0 Å². The molecule has 0 bridgehead atoms. The van der Waals surface area contributed by atoms with Gasteiger partial charge in [-0.1, -0.05) is 28.1 Å². The molecule has 0 fully saturated rings. The number of halogens is 1. The van der Waals surface area contributed by atoms with Crippen molar-refractivity contribution in [3.05, 3.63) is 57.8 Å². The molecule has 18 heavy (non-hydrogen) atoms. The van der Waals surface area contributed by atoms with Gasteiger partial charge in [0.25, 0.3) is 0 Å². The zero-order valence-electron chi connectivity index (χ0n) is 10.3. The minimum Gasteiger partial charge on any atom is -0.456 e. The summed E-state index contributed by atoms with van der Waals surface area (Å²) in [5.41, 5.74) is 2.58. The molecule has 1 aromatic heterocycles. The topological polar surface area (TPSA) is 31.2 Å². The van der Waals surface area contributed by atoms with Gasteiger partial charge in [0.05, 0.1) is 0 Å². The number of aryl methyl sites for hydroxylation is 1. The van der Waals surface area contributed by atoms with Gasteiger partial charge in [0, 0.05) is 17.2 Å². The molecule has 0 N–H and O–H groups in total. The van der Waals surface area contributed by atoms with Crippen LogP contribution in [0.3, 0.4) is 0 Å². The van der Waals surface area contributed by atoms with Crippen molar-refractivity contribution in [1.29, 1.82) is 0 Å². The molecule has 0 saturated heterocycles. The lowest BCUT2D eigenvalue weighted by Crippen LogP contribution is -2.10. The Morgan fingerprint density at radius 1 is 1.22 bits per heavy atom. The average molecular weight is 308 g/mol. The number of hydrogen-bond donors (Lipinski definition) is 0. The molecule has 0 aliphatic heterocycles. The van der Waals surface area contributed by atoms with Crippen LogP contribution in [0, 0.1) is 6.92 Å². The van der Waals surface area contributed by atoms with E-state index in [1.165, 1.54) is 0 Å². The molecule has 0 spiro atoms. The van der Waals surface area contributed by atoms with Crippen LogP contribution in [-0.2, 0) is 18.4 Å². The van der Waals surface area contributed by atoms with Crippen molar-refractivity contribution in [2.24, 2.45) is 7.05 Å². The van der Waals surface area contributed by atoms with Crippen LogP contribution < -0.4 is 0 Å². The van der Waals surface area contributed by atoms with Crippen molar-refractivity contribution in [2.75, 3.05) is 0 Å². The molecule has 1 aromatic carbocycles. The van der Waals surface area contributed by atoms with Crippen molar-refractivity contribution in [3.8, 4) is 0 Å². The molecular formula is C14H14BrNO2. The summed E-state index contributed by atoms with van der Waals surface area (Å²) in [4.78, 5) is 11.9. The van der Waals surface area contributed by atoms with Crippen LogP contribution in [0.4, 0.5) is 0 Å². The Kier molecular flexibility index (Phi) is 3.87. The summed E-state index contributed by atoms with van der Waals surface area (Å²) in [5.74, 6) is -0.298. The summed E-state index contributed by atoms with van der Waals surface area (Å²) in [6.45, 7) is 2.24. The Bertz CT molecular complexity index is 558. The van der Waals surface area contributed by atoms with Crippen molar-refractivity contribution < 1.29 is 9.53 Å². The SMILES string of the molecule is Cc1ccc(C(=O)OCc2ccc(Br)cc2)n1C. The lowest BCUT2D eigenvalue weighted by Gasteiger charge is -2.06. The Hall–Kier alpha value is -1.55. The summed E-state index contributed by atoms with van der Waals surface area (Å²) in [6.07, 6.45) is 0. The van der Waals surface area contributed by atoms with Gasteiger partial charge in [-0.15, -0.1) is 0 Å². The molecule has 2 rings (SSSR count). The van der Waals surface area contributed by atoms with Gasteiger partial charge in [-0.3, -0.25) is 0 Å². The first-order valence-corrected chi connectivity index (χ1v) is 6.41. The highest BCUT2D eigenvalue weighted by atomic mass is 79.9. The van der Waals surface area contributed by atoms with Crippen molar-refractivity contribution in [1.82, 2.24) is 4.57 Å². The normalized spacial score (nSPS) is 10.4. The van der Waals surface area contributed by atoms with Gasteiger partial charge in [0.1, 0.15) is 12.3 Å². The third kappa shape index (κ3) is 2.82. The van der Waals surface area contributed by atoms with Crippen molar-refractivity contribution in [2.45, 2.75) is 13.5 Å². The lowest BCUT2D eigenvalue weighted by atomic mass is 10.2. The molecule has 94 valence electrons. The molecule has 0 unspecified atom stereocenters. The van der Waals surface area contributed by atoms with Gasteiger partial charge in [0.2, 0.25) is 0 Å². The fraction of sp³-hybridized carbons (Fsp3) is 0.214. The van der Waals surface area contributed by atoms with E-state index in [9.17, 15) is 4.79 Å². The van der Waals surface area contributed by atoms with Crippen molar-refractivity contribution >= 4 is 21.9 Å². The first-order chi connectivity index (χ1) is 8.58. The minimum absolute atomic E-state index is 0.288. The predicted molar refractivity (Wildman–Crippen MR) is 73.4 cm³/mol. The second-order valence-electron chi connectivity index (χ2n) is 4.12. The number of hydrogen-bond acceptors (Lipinski definition) is 2. The summed E-state index contributed by atoms with van der Waals surface area (Å²) >= 11 is 3.36. The zero-order chi connectivity index (χ0) is 13.1. The number of ether oxygens (including phenoxy) is 1. The molecule has 0 atom stereocenters. The van der Waals surface area contributed by atoms with E-state index in [1.807, 2.05) is 48.9 Å². The van der Waals surface area contributed by atoms with E-state index in [4.69, 9.17) is 4.74 Å². The molecule has 0 radical (unpaired) electrons. The van der Waals surface area contributed by atoms with Gasteiger partial charge in [-0.05, 0) is 36.8 Å². The van der Waals surface area contributed by atoms with E-state index in [-0.39, 0.29) is 12.6 Å². The largest absolute Gasteiger partial charge is 0.456 e. The molecular weight excluding hydrogens is 294 g/mol. The number of benzene rings is 1. The first-order valence-electron chi connectivity index (χ1n) is 5.62. The lowest BCUT2D eigenvalue weighted by molar-refractivity contribution is 0.0461. The molecule has 0 aliphatic carbocycles. The molecule has 4 heteroatoms. The third-order valence-corrected chi connectivity index (χ3v) is 3.39. The number of aromatic nitrogens is 1. The Morgan fingerprint density at radius 2 is 1.89 bits per heavy atom. The van der Waals surface area contributed by atoms with Gasteiger partial charge in [0.15, 0.2) is 0 Å². The molecule has 1 heterocycles. The molecule has 0 amide bonds. The molecule has 3 nitrogen and oxygen atoms in total. The van der Waals surface area contributed by atoms with Crippen molar-refractivity contribution in [3.63, 3.8) is 0 Å². The van der Waals surface area contributed by atoms with Gasteiger partial charge >= 0.3 is 5.97 Å². The second-order valence-corrected chi connectivity index (χ2v) is 5.04. The van der Waals surface area contributed by atoms with E-state index in [0.717, 1.165) is 15.7 Å². The van der Waals surface area contributed by atoms with Gasteiger partial charge in [-0.25, -0.2) is 4.79 Å². The zero-order valence-corrected chi connectivity index (χ0v) is 11.9. The number of esters is 1. The maximum atomic E-state index is 11.9. The maximum absolute atomic E-state index is 11.9. The smallest absolute Gasteiger partial charge is 0.355 e. The van der Waals surface area contributed by atoms with E-state index >= 15 is 0 Å². The third-order valence-electron chi connectivity index (χ3n) is 2.87. The average Bonchev–Trinajstić information content (AvgIpc) is 2.69. The van der Waals surface area contributed by atoms with Crippen LogP contribution >= 0.6 is 15.9 Å². The summed E-state index contributed by atoms with van der Waals surface area (Å²) in [6, 6.07) is 11.4. The van der Waals surface area contributed by atoms with E-state index in [0.29, 0.717) is 5.69 Å². The highest BCUT2D eigenvalue weighted by Gasteiger charge is 2.12. The number of carbonyl (C=O) groups is 1. The van der Waals surface area contributed by atoms with Crippen LogP contribution in [0.1, 0.15) is 21.7 Å². The van der Waals surface area contributed by atoms with Crippen LogP contribution in [0.15, 0.2) is 40.9 Å².